The van der Waals surface area contributed by atoms with Gasteiger partial charge in [0.1, 0.15) is 0 Å². The van der Waals surface area contributed by atoms with Crippen LogP contribution in [0.5, 0.6) is 11.5 Å². The lowest BCUT2D eigenvalue weighted by Crippen LogP contribution is -2.40. The summed E-state index contributed by atoms with van der Waals surface area (Å²) < 4.78 is 37.9. The van der Waals surface area contributed by atoms with Gasteiger partial charge < -0.3 is 19.9 Å². The summed E-state index contributed by atoms with van der Waals surface area (Å²) in [5.74, 6) is 0.267. The van der Waals surface area contributed by atoms with Crippen LogP contribution in [-0.4, -0.2) is 62.6 Å². The van der Waals surface area contributed by atoms with Crippen molar-refractivity contribution in [1.82, 2.24) is 9.73 Å². The third kappa shape index (κ3) is 5.88. The van der Waals surface area contributed by atoms with Gasteiger partial charge >= 0.3 is 0 Å². The summed E-state index contributed by atoms with van der Waals surface area (Å²) in [6.07, 6.45) is 1.47. The van der Waals surface area contributed by atoms with Crippen molar-refractivity contribution in [2.75, 3.05) is 38.7 Å². The molecular formula is C19H20BrClN4O5S2. The second kappa shape index (κ2) is 10.8. The van der Waals surface area contributed by atoms with Crippen molar-refractivity contribution < 1.29 is 23.0 Å². The number of methoxy groups -OCH3 is 1. The fourth-order valence-electron chi connectivity index (χ4n) is 2.84. The molecule has 0 unspecified atom stereocenters. The van der Waals surface area contributed by atoms with Crippen LogP contribution in [0, 0.1) is 0 Å². The molecule has 3 rings (SSSR count). The molecule has 0 radical (unpaired) electrons. The molecule has 1 saturated heterocycles. The molecule has 0 aliphatic carbocycles. The third-order valence-electron chi connectivity index (χ3n) is 4.44. The van der Waals surface area contributed by atoms with Gasteiger partial charge in [-0.1, -0.05) is 11.6 Å². The number of morpholine rings is 1. The Labute approximate surface area is 204 Å². The van der Waals surface area contributed by atoms with Crippen LogP contribution in [0.4, 0.5) is 5.69 Å². The van der Waals surface area contributed by atoms with Crippen LogP contribution < -0.4 is 15.5 Å². The highest BCUT2D eigenvalue weighted by atomic mass is 79.9. The van der Waals surface area contributed by atoms with E-state index in [1.54, 1.807) is 12.1 Å². The molecule has 172 valence electrons. The van der Waals surface area contributed by atoms with Crippen molar-refractivity contribution >= 4 is 66.8 Å². The average Bonchev–Trinajstić information content (AvgIpc) is 2.78. The number of hydrogen-bond acceptors (Lipinski definition) is 7. The normalized spacial score (nSPS) is 15.0. The van der Waals surface area contributed by atoms with Gasteiger partial charge in [0.25, 0.3) is 0 Å². The molecule has 3 N–H and O–H groups in total. The summed E-state index contributed by atoms with van der Waals surface area (Å²) in [7, 11) is -2.24. The van der Waals surface area contributed by atoms with Crippen LogP contribution in [0.25, 0.3) is 0 Å². The summed E-state index contributed by atoms with van der Waals surface area (Å²) >= 11 is 14.7. The SMILES string of the molecule is COc1cc(/C=N/NC(=S)Nc2cc(S(=O)(=O)N3CCOCC3)ccc2Cl)cc(Br)c1O. The van der Waals surface area contributed by atoms with E-state index in [0.717, 1.165) is 0 Å². The molecule has 2 aromatic carbocycles. The number of anilines is 1. The fraction of sp³-hybridized carbons (Fsp3) is 0.263. The van der Waals surface area contributed by atoms with Gasteiger partial charge in [-0.2, -0.15) is 9.41 Å². The van der Waals surface area contributed by atoms with Crippen LogP contribution in [0.1, 0.15) is 5.56 Å². The minimum atomic E-state index is -3.68. The Morgan fingerprint density at radius 3 is 2.75 bits per heavy atom. The topological polar surface area (TPSA) is 112 Å². The molecular weight excluding hydrogens is 544 g/mol. The van der Waals surface area contributed by atoms with Crippen molar-refractivity contribution in [1.29, 1.82) is 0 Å². The Kier molecular flexibility index (Phi) is 8.31. The number of nitrogens with zero attached hydrogens (tertiary/aromatic N) is 2. The highest BCUT2D eigenvalue weighted by Crippen LogP contribution is 2.34. The van der Waals surface area contributed by atoms with Gasteiger partial charge in [-0.25, -0.2) is 8.42 Å². The maximum Gasteiger partial charge on any atom is 0.243 e. The number of aromatic hydroxyl groups is 1. The first-order valence-electron chi connectivity index (χ1n) is 9.26. The standard InChI is InChI=1S/C19H20BrClN4O5S2/c1-29-17-9-12(8-14(20)18(17)26)11-22-24-19(31)23-16-10-13(2-3-15(16)21)32(27,28)25-4-6-30-7-5-25/h2-3,8-11,26H,4-7H2,1H3,(H2,23,24,31)/b22-11+. The first kappa shape index (κ1) is 24.7. The molecule has 9 nitrogen and oxygen atoms in total. The zero-order chi connectivity index (χ0) is 23.3. The maximum absolute atomic E-state index is 12.9. The van der Waals surface area contributed by atoms with Crippen LogP contribution in [0.15, 0.2) is 44.8 Å². The van der Waals surface area contributed by atoms with Crippen LogP contribution in [0.2, 0.25) is 5.02 Å². The lowest BCUT2D eigenvalue weighted by molar-refractivity contribution is 0.0730. The van der Waals surface area contributed by atoms with E-state index in [2.05, 4.69) is 31.8 Å². The number of phenolic OH excluding ortho intramolecular Hbond substituents is 1. The Bertz CT molecular complexity index is 1140. The van der Waals surface area contributed by atoms with Gasteiger partial charge in [-0.15, -0.1) is 0 Å². The summed E-state index contributed by atoms with van der Waals surface area (Å²) in [4.78, 5) is 0.0960. The van der Waals surface area contributed by atoms with Gasteiger partial charge in [-0.05, 0) is 64.0 Å². The van der Waals surface area contributed by atoms with Crippen molar-refractivity contribution in [3.05, 3.63) is 45.4 Å². The molecule has 1 heterocycles. The predicted octanol–water partition coefficient (Wildman–Crippen LogP) is 3.16. The van der Waals surface area contributed by atoms with Crippen LogP contribution in [-0.2, 0) is 14.8 Å². The lowest BCUT2D eigenvalue weighted by atomic mass is 10.2. The molecule has 32 heavy (non-hydrogen) atoms. The number of hydrazone groups is 1. The number of hydrogen-bond donors (Lipinski definition) is 3. The molecule has 2 aromatic rings. The zero-order valence-corrected chi connectivity index (χ0v) is 20.8. The Balaban J connectivity index is 1.69. The van der Waals surface area contributed by atoms with E-state index in [1.165, 1.54) is 35.8 Å². The third-order valence-corrected chi connectivity index (χ3v) is 7.47. The fourth-order valence-corrected chi connectivity index (χ4v) is 5.06. The Morgan fingerprint density at radius 2 is 2.06 bits per heavy atom. The number of nitrogens with one attached hydrogen (secondary N) is 2. The van der Waals surface area contributed by atoms with E-state index in [4.69, 9.17) is 33.3 Å². The minimum absolute atomic E-state index is 0.0173. The first-order chi connectivity index (χ1) is 15.2. The number of benzene rings is 2. The minimum Gasteiger partial charge on any atom is -0.503 e. The number of rotatable bonds is 6. The summed E-state index contributed by atoms with van der Waals surface area (Å²) in [5.41, 5.74) is 3.60. The highest BCUT2D eigenvalue weighted by Gasteiger charge is 2.27. The monoisotopic (exact) mass is 562 g/mol. The largest absolute Gasteiger partial charge is 0.503 e. The Morgan fingerprint density at radius 1 is 1.34 bits per heavy atom. The van der Waals surface area contributed by atoms with E-state index < -0.39 is 10.0 Å². The van der Waals surface area contributed by atoms with Crippen molar-refractivity contribution in [2.24, 2.45) is 5.10 Å². The van der Waals surface area contributed by atoms with Gasteiger partial charge in [0.15, 0.2) is 16.6 Å². The number of ether oxygens (including phenoxy) is 2. The molecule has 0 bridgehead atoms. The van der Waals surface area contributed by atoms with Crippen molar-refractivity contribution in [3.8, 4) is 11.5 Å². The van der Waals surface area contributed by atoms with Crippen LogP contribution >= 0.6 is 39.7 Å². The molecule has 1 aliphatic heterocycles. The van der Waals surface area contributed by atoms with E-state index in [0.29, 0.717) is 47.0 Å². The molecule has 0 spiro atoms. The number of phenols is 1. The van der Waals surface area contributed by atoms with Gasteiger partial charge in [0.2, 0.25) is 10.0 Å². The predicted molar refractivity (Wildman–Crippen MR) is 130 cm³/mol. The Hall–Kier alpha value is -1.96. The molecule has 13 heteroatoms. The van der Waals surface area contributed by atoms with Crippen LogP contribution in [0.3, 0.4) is 0 Å². The summed E-state index contributed by atoms with van der Waals surface area (Å²) in [6.45, 7) is 1.29. The summed E-state index contributed by atoms with van der Waals surface area (Å²) in [5, 5.41) is 17.2. The second-order valence-electron chi connectivity index (χ2n) is 6.54. The highest BCUT2D eigenvalue weighted by molar-refractivity contribution is 9.10. The lowest BCUT2D eigenvalue weighted by Gasteiger charge is -2.26. The molecule has 1 fully saturated rings. The van der Waals surface area contributed by atoms with Gasteiger partial charge in [-0.3, -0.25) is 5.43 Å². The van der Waals surface area contributed by atoms with Crippen molar-refractivity contribution in [2.45, 2.75) is 4.90 Å². The molecule has 0 saturated carbocycles. The second-order valence-corrected chi connectivity index (χ2v) is 10.1. The molecule has 0 atom stereocenters. The van der Waals surface area contributed by atoms with E-state index in [9.17, 15) is 13.5 Å². The quantitative estimate of drug-likeness (QED) is 0.279. The van der Waals surface area contributed by atoms with Crippen molar-refractivity contribution in [3.63, 3.8) is 0 Å². The smallest absolute Gasteiger partial charge is 0.243 e. The summed E-state index contributed by atoms with van der Waals surface area (Å²) in [6, 6.07) is 7.61. The van der Waals surface area contributed by atoms with Gasteiger partial charge in [0.05, 0.1) is 46.6 Å². The number of sulfonamides is 1. The number of halogens is 2. The first-order valence-corrected chi connectivity index (χ1v) is 12.3. The zero-order valence-electron chi connectivity index (χ0n) is 16.8. The van der Waals surface area contributed by atoms with E-state index >= 15 is 0 Å². The number of thiocarbonyl (C=S) groups is 1. The molecule has 0 amide bonds. The molecule has 1 aliphatic rings. The molecule has 0 aromatic heterocycles. The maximum atomic E-state index is 12.9. The van der Waals surface area contributed by atoms with Gasteiger partial charge in [0, 0.05) is 13.1 Å². The van der Waals surface area contributed by atoms with E-state index in [-0.39, 0.29) is 21.5 Å². The van der Waals surface area contributed by atoms with E-state index in [1.807, 2.05) is 0 Å². The average molecular weight is 564 g/mol.